The average molecular weight is 329 g/mol. The van der Waals surface area contributed by atoms with Crippen LogP contribution in [0, 0.1) is 5.82 Å². The molecule has 0 aliphatic heterocycles. The Kier molecular flexibility index (Phi) is 4.57. The van der Waals surface area contributed by atoms with E-state index in [0.29, 0.717) is 18.2 Å². The summed E-state index contributed by atoms with van der Waals surface area (Å²) in [6.07, 6.45) is 5.45. The molecule has 0 spiro atoms. The molecule has 0 saturated carbocycles. The Morgan fingerprint density at radius 1 is 1.30 bits per heavy atom. The van der Waals surface area contributed by atoms with Gasteiger partial charge in [-0.15, -0.1) is 6.58 Å². The molecule has 0 radical (unpaired) electrons. The SMILES string of the molecule is C=CCn1ncc2c(NCc3ccc(F)cc3)nc(SC)nc21. The highest BCUT2D eigenvalue weighted by Gasteiger charge is 2.12. The molecule has 2 aromatic heterocycles. The van der Waals surface area contributed by atoms with Crippen molar-refractivity contribution in [3.8, 4) is 0 Å². The van der Waals surface area contributed by atoms with Gasteiger partial charge in [-0.2, -0.15) is 5.10 Å². The highest BCUT2D eigenvalue weighted by molar-refractivity contribution is 7.98. The molecule has 3 aromatic rings. The summed E-state index contributed by atoms with van der Waals surface area (Å²) in [6, 6.07) is 6.39. The van der Waals surface area contributed by atoms with Crippen LogP contribution in [0.2, 0.25) is 0 Å². The monoisotopic (exact) mass is 329 g/mol. The van der Waals surface area contributed by atoms with Crippen molar-refractivity contribution >= 4 is 28.6 Å². The lowest BCUT2D eigenvalue weighted by Gasteiger charge is -2.08. The van der Waals surface area contributed by atoms with Crippen molar-refractivity contribution in [1.82, 2.24) is 19.7 Å². The highest BCUT2D eigenvalue weighted by Crippen LogP contribution is 2.24. The van der Waals surface area contributed by atoms with E-state index in [0.717, 1.165) is 22.4 Å². The van der Waals surface area contributed by atoms with E-state index in [4.69, 9.17) is 0 Å². The van der Waals surface area contributed by atoms with Gasteiger partial charge in [0.1, 0.15) is 11.6 Å². The van der Waals surface area contributed by atoms with Crippen molar-refractivity contribution in [2.24, 2.45) is 0 Å². The molecule has 0 bridgehead atoms. The van der Waals surface area contributed by atoms with E-state index < -0.39 is 0 Å². The van der Waals surface area contributed by atoms with Gasteiger partial charge in [0.2, 0.25) is 0 Å². The number of nitrogens with one attached hydrogen (secondary N) is 1. The quantitative estimate of drug-likeness (QED) is 0.426. The van der Waals surface area contributed by atoms with Gasteiger partial charge in [-0.3, -0.25) is 0 Å². The van der Waals surface area contributed by atoms with E-state index >= 15 is 0 Å². The van der Waals surface area contributed by atoms with E-state index in [1.165, 1.54) is 23.9 Å². The average Bonchev–Trinajstić information content (AvgIpc) is 2.97. The van der Waals surface area contributed by atoms with Crippen LogP contribution in [0.3, 0.4) is 0 Å². The predicted molar refractivity (Wildman–Crippen MR) is 91.0 cm³/mol. The molecular weight excluding hydrogens is 313 g/mol. The van der Waals surface area contributed by atoms with Gasteiger partial charge >= 0.3 is 0 Å². The van der Waals surface area contributed by atoms with Crippen molar-refractivity contribution in [3.05, 3.63) is 54.5 Å². The Balaban J connectivity index is 1.92. The van der Waals surface area contributed by atoms with E-state index in [-0.39, 0.29) is 5.82 Å². The standard InChI is InChI=1S/C16H16FN5S/c1-3-8-22-15-13(10-19-22)14(20-16(21-15)23-2)18-9-11-4-6-12(17)7-5-11/h3-7,10H,1,8-9H2,2H3,(H,18,20,21). The van der Waals surface area contributed by atoms with Crippen LogP contribution >= 0.6 is 11.8 Å². The Labute approximate surface area is 137 Å². The lowest BCUT2D eigenvalue weighted by atomic mass is 10.2. The van der Waals surface area contributed by atoms with Crippen LogP contribution in [-0.4, -0.2) is 26.0 Å². The fourth-order valence-electron chi connectivity index (χ4n) is 2.21. The number of hydrogen-bond donors (Lipinski definition) is 1. The maximum Gasteiger partial charge on any atom is 0.191 e. The highest BCUT2D eigenvalue weighted by atomic mass is 32.2. The summed E-state index contributed by atoms with van der Waals surface area (Å²) in [4.78, 5) is 9.03. The molecule has 0 fully saturated rings. The minimum Gasteiger partial charge on any atom is -0.365 e. The van der Waals surface area contributed by atoms with Gasteiger partial charge in [0.25, 0.3) is 0 Å². The third-order valence-corrected chi connectivity index (χ3v) is 3.88. The van der Waals surface area contributed by atoms with Gasteiger partial charge in [-0.1, -0.05) is 30.0 Å². The Bertz CT molecular complexity index is 828. The van der Waals surface area contributed by atoms with Crippen molar-refractivity contribution in [3.63, 3.8) is 0 Å². The summed E-state index contributed by atoms with van der Waals surface area (Å²) in [5.41, 5.74) is 1.74. The molecule has 0 atom stereocenters. The number of anilines is 1. The van der Waals surface area contributed by atoms with Crippen molar-refractivity contribution in [1.29, 1.82) is 0 Å². The van der Waals surface area contributed by atoms with Crippen LogP contribution < -0.4 is 5.32 Å². The molecule has 2 heterocycles. The van der Waals surface area contributed by atoms with Crippen LogP contribution in [0.4, 0.5) is 10.2 Å². The number of thioether (sulfide) groups is 1. The second-order valence-corrected chi connectivity index (χ2v) is 5.66. The summed E-state index contributed by atoms with van der Waals surface area (Å²) in [7, 11) is 0. The lowest BCUT2D eigenvalue weighted by Crippen LogP contribution is -2.05. The van der Waals surface area contributed by atoms with Gasteiger partial charge < -0.3 is 5.32 Å². The summed E-state index contributed by atoms with van der Waals surface area (Å²) in [5, 5.41) is 9.14. The van der Waals surface area contributed by atoms with Gasteiger partial charge in [0, 0.05) is 6.54 Å². The van der Waals surface area contributed by atoms with Crippen LogP contribution in [-0.2, 0) is 13.1 Å². The third kappa shape index (κ3) is 3.34. The van der Waals surface area contributed by atoms with Crippen molar-refractivity contribution in [2.45, 2.75) is 18.2 Å². The topological polar surface area (TPSA) is 55.6 Å². The smallest absolute Gasteiger partial charge is 0.191 e. The predicted octanol–water partition coefficient (Wildman–Crippen LogP) is 3.49. The Hall–Kier alpha value is -2.41. The minimum absolute atomic E-state index is 0.242. The number of aromatic nitrogens is 4. The molecule has 3 rings (SSSR count). The zero-order chi connectivity index (χ0) is 16.2. The van der Waals surface area contributed by atoms with Crippen molar-refractivity contribution < 1.29 is 4.39 Å². The third-order valence-electron chi connectivity index (χ3n) is 3.33. The fourth-order valence-corrected chi connectivity index (χ4v) is 2.57. The number of halogens is 1. The normalized spacial score (nSPS) is 10.9. The summed E-state index contributed by atoms with van der Waals surface area (Å²) < 4.78 is 14.8. The summed E-state index contributed by atoms with van der Waals surface area (Å²) in [6.45, 7) is 4.87. The molecule has 0 aliphatic carbocycles. The molecule has 0 aliphatic rings. The zero-order valence-electron chi connectivity index (χ0n) is 12.7. The minimum atomic E-state index is -0.242. The van der Waals surface area contributed by atoms with E-state index in [1.54, 1.807) is 29.1 Å². The van der Waals surface area contributed by atoms with Gasteiger partial charge in [0.05, 0.1) is 18.1 Å². The van der Waals surface area contributed by atoms with Gasteiger partial charge in [0.15, 0.2) is 10.8 Å². The summed E-state index contributed by atoms with van der Waals surface area (Å²) >= 11 is 1.47. The molecule has 5 nitrogen and oxygen atoms in total. The van der Waals surface area contributed by atoms with Crippen LogP contribution in [0.1, 0.15) is 5.56 Å². The lowest BCUT2D eigenvalue weighted by molar-refractivity contribution is 0.627. The zero-order valence-corrected chi connectivity index (χ0v) is 13.5. The molecule has 7 heteroatoms. The van der Waals surface area contributed by atoms with Crippen LogP contribution in [0.15, 0.2) is 48.3 Å². The van der Waals surface area contributed by atoms with Gasteiger partial charge in [-0.05, 0) is 24.0 Å². The second kappa shape index (κ2) is 6.78. The number of nitrogens with zero attached hydrogens (tertiary/aromatic N) is 4. The second-order valence-electron chi connectivity index (χ2n) is 4.89. The number of allylic oxidation sites excluding steroid dienone is 1. The number of hydrogen-bond acceptors (Lipinski definition) is 5. The van der Waals surface area contributed by atoms with Crippen molar-refractivity contribution in [2.75, 3.05) is 11.6 Å². The number of fused-ring (bicyclic) bond motifs is 1. The molecule has 0 unspecified atom stereocenters. The molecule has 118 valence electrons. The molecular formula is C16H16FN5S. The molecule has 0 amide bonds. The molecule has 0 saturated heterocycles. The molecule has 1 aromatic carbocycles. The van der Waals surface area contributed by atoms with Crippen LogP contribution in [0.25, 0.3) is 11.0 Å². The maximum atomic E-state index is 13.0. The first-order valence-electron chi connectivity index (χ1n) is 7.08. The van der Waals surface area contributed by atoms with E-state index in [2.05, 4.69) is 27.0 Å². The van der Waals surface area contributed by atoms with E-state index in [1.807, 2.05) is 6.26 Å². The molecule has 23 heavy (non-hydrogen) atoms. The fraction of sp³-hybridized carbons (Fsp3) is 0.188. The van der Waals surface area contributed by atoms with E-state index in [9.17, 15) is 4.39 Å². The first kappa shape index (κ1) is 15.5. The largest absolute Gasteiger partial charge is 0.365 e. The number of benzene rings is 1. The van der Waals surface area contributed by atoms with Crippen LogP contribution in [0.5, 0.6) is 0 Å². The summed E-state index contributed by atoms with van der Waals surface area (Å²) in [5.74, 6) is 0.479. The van der Waals surface area contributed by atoms with Gasteiger partial charge in [-0.25, -0.2) is 19.0 Å². The first-order chi connectivity index (χ1) is 11.2. The first-order valence-corrected chi connectivity index (χ1v) is 8.30. The maximum absolute atomic E-state index is 13.0. The molecule has 1 N–H and O–H groups in total. The Morgan fingerprint density at radius 2 is 2.09 bits per heavy atom. The number of rotatable bonds is 6. The Morgan fingerprint density at radius 3 is 2.78 bits per heavy atom.